The molecule has 1 amide bonds. The molecule has 1 aromatic carbocycles. The van der Waals surface area contributed by atoms with E-state index in [2.05, 4.69) is 20.5 Å². The van der Waals surface area contributed by atoms with Gasteiger partial charge in [0.2, 0.25) is 5.95 Å². The van der Waals surface area contributed by atoms with Crippen molar-refractivity contribution in [3.63, 3.8) is 0 Å². The molecule has 1 aromatic heterocycles. The van der Waals surface area contributed by atoms with Crippen LogP contribution in [0, 0.1) is 11.6 Å². The Labute approximate surface area is 99.9 Å². The summed E-state index contributed by atoms with van der Waals surface area (Å²) in [7, 11) is 0. The molecule has 0 unspecified atom stereocenters. The highest BCUT2D eigenvalue weighted by molar-refractivity contribution is 6.04. The maximum Gasteiger partial charge on any atom is 0.261 e. The minimum atomic E-state index is -1.00. The van der Waals surface area contributed by atoms with E-state index in [1.54, 1.807) is 0 Å². The number of aromatic nitrogens is 3. The first-order valence-electron chi connectivity index (χ1n) is 4.77. The minimum Gasteiger partial charge on any atom is -0.396 e. The predicted molar refractivity (Wildman–Crippen MR) is 58.6 cm³/mol. The zero-order valence-corrected chi connectivity index (χ0v) is 8.89. The van der Waals surface area contributed by atoms with Gasteiger partial charge in [-0.05, 0) is 12.1 Å². The van der Waals surface area contributed by atoms with Gasteiger partial charge < -0.3 is 5.73 Å². The normalized spacial score (nSPS) is 10.1. The fraction of sp³-hybridized carbons (Fsp3) is 0. The first-order chi connectivity index (χ1) is 8.58. The monoisotopic (exact) mass is 251 g/mol. The number of rotatable bonds is 2. The summed E-state index contributed by atoms with van der Waals surface area (Å²) in [6.07, 6.45) is 2.59. The van der Waals surface area contributed by atoms with E-state index in [-0.39, 0.29) is 5.95 Å². The Morgan fingerprint density at radius 3 is 2.72 bits per heavy atom. The van der Waals surface area contributed by atoms with Gasteiger partial charge in [0.1, 0.15) is 5.82 Å². The molecule has 0 radical (unpaired) electrons. The summed E-state index contributed by atoms with van der Waals surface area (Å²) < 4.78 is 26.6. The smallest absolute Gasteiger partial charge is 0.261 e. The number of halogens is 2. The van der Waals surface area contributed by atoms with Gasteiger partial charge in [0.15, 0.2) is 5.82 Å². The third kappa shape index (κ3) is 2.37. The van der Waals surface area contributed by atoms with Gasteiger partial charge in [-0.1, -0.05) is 0 Å². The summed E-state index contributed by atoms with van der Waals surface area (Å²) >= 11 is 0. The van der Waals surface area contributed by atoms with Crippen LogP contribution in [0.4, 0.5) is 20.4 Å². The number of anilines is 2. The number of carbonyl (C=O) groups is 1. The van der Waals surface area contributed by atoms with Gasteiger partial charge in [0.25, 0.3) is 5.91 Å². The summed E-state index contributed by atoms with van der Waals surface area (Å²) in [6.45, 7) is 0. The highest BCUT2D eigenvalue weighted by atomic mass is 19.1. The first kappa shape index (κ1) is 11.8. The Hall–Kier alpha value is -2.64. The molecule has 0 aliphatic rings. The van der Waals surface area contributed by atoms with Crippen molar-refractivity contribution in [3.8, 4) is 0 Å². The lowest BCUT2D eigenvalue weighted by atomic mass is 10.1. The summed E-state index contributed by atoms with van der Waals surface area (Å²) in [6, 6.07) is 1.52. The van der Waals surface area contributed by atoms with E-state index in [1.165, 1.54) is 12.4 Å². The molecule has 6 nitrogen and oxygen atoms in total. The van der Waals surface area contributed by atoms with Crippen LogP contribution in [0.25, 0.3) is 0 Å². The molecular formula is C10H7F2N5O. The van der Waals surface area contributed by atoms with Crippen molar-refractivity contribution in [2.24, 2.45) is 0 Å². The molecule has 0 spiro atoms. The molecule has 3 N–H and O–H groups in total. The van der Waals surface area contributed by atoms with Crippen molar-refractivity contribution in [3.05, 3.63) is 41.7 Å². The van der Waals surface area contributed by atoms with Gasteiger partial charge in [0, 0.05) is 0 Å². The Morgan fingerprint density at radius 2 is 2.06 bits per heavy atom. The number of nitrogens with one attached hydrogen (secondary N) is 1. The average Bonchev–Trinajstić information content (AvgIpc) is 2.35. The molecule has 0 saturated heterocycles. The number of carbonyl (C=O) groups excluding carboxylic acids is 1. The fourth-order valence-corrected chi connectivity index (χ4v) is 1.25. The fourth-order valence-electron chi connectivity index (χ4n) is 1.25. The quantitative estimate of drug-likeness (QED) is 0.776. The Morgan fingerprint density at radius 1 is 1.28 bits per heavy atom. The summed E-state index contributed by atoms with van der Waals surface area (Å²) in [5.74, 6) is -2.85. The topological polar surface area (TPSA) is 93.8 Å². The van der Waals surface area contributed by atoms with Gasteiger partial charge >= 0.3 is 0 Å². The average molecular weight is 251 g/mol. The van der Waals surface area contributed by atoms with Crippen LogP contribution in [0.1, 0.15) is 10.4 Å². The van der Waals surface area contributed by atoms with Crippen LogP contribution in [-0.2, 0) is 0 Å². The van der Waals surface area contributed by atoms with Gasteiger partial charge in [-0.25, -0.2) is 13.8 Å². The van der Waals surface area contributed by atoms with Crippen molar-refractivity contribution in [1.82, 2.24) is 15.2 Å². The van der Waals surface area contributed by atoms with E-state index in [4.69, 9.17) is 5.73 Å². The maximum atomic E-state index is 13.5. The molecule has 0 saturated carbocycles. The maximum absolute atomic E-state index is 13.5. The van der Waals surface area contributed by atoms with Crippen LogP contribution in [0.15, 0.2) is 24.5 Å². The van der Waals surface area contributed by atoms with Crippen molar-refractivity contribution < 1.29 is 13.6 Å². The molecule has 1 heterocycles. The van der Waals surface area contributed by atoms with E-state index < -0.39 is 28.8 Å². The Kier molecular flexibility index (Phi) is 3.09. The Bertz CT molecular complexity index is 590. The highest BCUT2D eigenvalue weighted by Gasteiger charge is 2.17. The van der Waals surface area contributed by atoms with Gasteiger partial charge in [-0.3, -0.25) is 10.1 Å². The van der Waals surface area contributed by atoms with Crippen molar-refractivity contribution in [2.45, 2.75) is 0 Å². The van der Waals surface area contributed by atoms with E-state index in [0.29, 0.717) is 0 Å². The van der Waals surface area contributed by atoms with Crippen LogP contribution in [-0.4, -0.2) is 21.1 Å². The molecule has 0 atom stereocenters. The second-order valence-corrected chi connectivity index (χ2v) is 3.28. The number of nitrogens with two attached hydrogens (primary N) is 1. The van der Waals surface area contributed by atoms with E-state index in [0.717, 1.165) is 12.1 Å². The van der Waals surface area contributed by atoms with Crippen LogP contribution in [0.2, 0.25) is 0 Å². The van der Waals surface area contributed by atoms with Gasteiger partial charge in [-0.15, -0.1) is 5.10 Å². The molecule has 0 fully saturated rings. The number of nitrogen functional groups attached to an aromatic ring is 1. The van der Waals surface area contributed by atoms with E-state index >= 15 is 0 Å². The molecule has 2 rings (SSSR count). The summed E-state index contributed by atoms with van der Waals surface area (Å²) in [5, 5.41) is 9.12. The molecule has 0 bridgehead atoms. The van der Waals surface area contributed by atoms with E-state index in [1.807, 2.05) is 0 Å². The van der Waals surface area contributed by atoms with E-state index in [9.17, 15) is 13.6 Å². The van der Waals surface area contributed by atoms with Crippen molar-refractivity contribution >= 4 is 17.5 Å². The summed E-state index contributed by atoms with van der Waals surface area (Å²) in [4.78, 5) is 15.3. The highest BCUT2D eigenvalue weighted by Crippen LogP contribution is 2.18. The Balaban J connectivity index is 2.30. The van der Waals surface area contributed by atoms with Crippen LogP contribution < -0.4 is 11.1 Å². The molecule has 8 heteroatoms. The first-order valence-corrected chi connectivity index (χ1v) is 4.77. The SMILES string of the molecule is Nc1cc(F)cc(C(=O)Nc2nccnn2)c1F. The van der Waals surface area contributed by atoms with Gasteiger partial charge in [0.05, 0.1) is 23.6 Å². The van der Waals surface area contributed by atoms with Crippen LogP contribution in [0.3, 0.4) is 0 Å². The third-order valence-corrected chi connectivity index (χ3v) is 2.02. The third-order valence-electron chi connectivity index (χ3n) is 2.02. The number of hydrogen-bond acceptors (Lipinski definition) is 5. The van der Waals surface area contributed by atoms with Gasteiger partial charge in [-0.2, -0.15) is 5.10 Å². The lowest BCUT2D eigenvalue weighted by molar-refractivity contribution is 0.102. The van der Waals surface area contributed by atoms with Crippen molar-refractivity contribution in [2.75, 3.05) is 11.1 Å². The predicted octanol–water partition coefficient (Wildman–Crippen LogP) is 0.984. The number of amides is 1. The second kappa shape index (κ2) is 4.70. The minimum absolute atomic E-state index is 0.121. The number of nitrogens with zero attached hydrogens (tertiary/aromatic N) is 3. The summed E-state index contributed by atoms with van der Waals surface area (Å²) in [5.41, 5.74) is 4.23. The standard InChI is InChI=1S/C10H7F2N5O/c11-5-3-6(8(12)7(13)4-5)9(18)16-10-14-1-2-15-17-10/h1-4H,13H2,(H,14,16,17,18). The molecule has 92 valence electrons. The number of benzene rings is 1. The lowest BCUT2D eigenvalue weighted by Gasteiger charge is -2.05. The lowest BCUT2D eigenvalue weighted by Crippen LogP contribution is -2.17. The second-order valence-electron chi connectivity index (χ2n) is 3.28. The zero-order chi connectivity index (χ0) is 13.1. The molecular weight excluding hydrogens is 244 g/mol. The molecule has 0 aliphatic carbocycles. The largest absolute Gasteiger partial charge is 0.396 e. The van der Waals surface area contributed by atoms with Crippen molar-refractivity contribution in [1.29, 1.82) is 0 Å². The molecule has 2 aromatic rings. The zero-order valence-electron chi connectivity index (χ0n) is 8.89. The molecule has 0 aliphatic heterocycles. The van der Waals surface area contributed by atoms with Crippen LogP contribution in [0.5, 0.6) is 0 Å². The van der Waals surface area contributed by atoms with Crippen LogP contribution >= 0.6 is 0 Å². The number of hydrogen-bond donors (Lipinski definition) is 2. The molecule has 18 heavy (non-hydrogen) atoms.